The number of hydrogen-bond donors (Lipinski definition) is 3. The van der Waals surface area contributed by atoms with Crippen LogP contribution in [0.3, 0.4) is 0 Å². The first kappa shape index (κ1) is 23.5. The second-order valence-corrected chi connectivity index (χ2v) is 6.44. The zero-order valence-corrected chi connectivity index (χ0v) is 15.4. The second kappa shape index (κ2) is 11.2. The van der Waals surface area contributed by atoms with E-state index >= 15 is 0 Å². The summed E-state index contributed by atoms with van der Waals surface area (Å²) in [6.07, 6.45) is -2.53. The molecule has 5 nitrogen and oxygen atoms in total. The summed E-state index contributed by atoms with van der Waals surface area (Å²) in [7, 11) is 0. The summed E-state index contributed by atoms with van der Waals surface area (Å²) in [5, 5.41) is 4.77. The lowest BCUT2D eigenvalue weighted by Gasteiger charge is -2.15. The first-order valence-electron chi connectivity index (χ1n) is 7.24. The number of amides is 2. The van der Waals surface area contributed by atoms with Crippen LogP contribution in [0.1, 0.15) is 13.8 Å². The van der Waals surface area contributed by atoms with E-state index in [1.807, 2.05) is 0 Å². The SMILES string of the molecule is CC(C)[C@H](N)C(=O)NCC(=O)Nc1cc(F)ccc1SCC(F)F.Cl. The summed E-state index contributed by atoms with van der Waals surface area (Å²) in [6.45, 7) is 3.18. The lowest BCUT2D eigenvalue weighted by atomic mass is 10.1. The summed E-state index contributed by atoms with van der Waals surface area (Å²) in [5.74, 6) is -2.27. The van der Waals surface area contributed by atoms with Crippen molar-refractivity contribution in [2.75, 3.05) is 17.6 Å². The quantitative estimate of drug-likeness (QED) is 0.587. The van der Waals surface area contributed by atoms with E-state index in [2.05, 4.69) is 10.6 Å². The molecular weight excluding hydrogens is 379 g/mol. The molecule has 0 unspecified atom stereocenters. The number of hydrogen-bond acceptors (Lipinski definition) is 4. The fraction of sp³-hybridized carbons (Fsp3) is 0.467. The Hall–Kier alpha value is -1.45. The maximum Gasteiger partial charge on any atom is 0.247 e. The highest BCUT2D eigenvalue weighted by Gasteiger charge is 2.18. The summed E-state index contributed by atoms with van der Waals surface area (Å²) in [5.41, 5.74) is 5.72. The predicted molar refractivity (Wildman–Crippen MR) is 94.8 cm³/mol. The number of carbonyl (C=O) groups excluding carboxylic acids is 2. The van der Waals surface area contributed by atoms with Crippen molar-refractivity contribution >= 4 is 41.7 Å². The number of anilines is 1. The highest BCUT2D eigenvalue weighted by molar-refractivity contribution is 7.99. The average Bonchev–Trinajstić information content (AvgIpc) is 2.50. The molecule has 0 saturated carbocycles. The highest BCUT2D eigenvalue weighted by atomic mass is 35.5. The molecular formula is C15H21ClF3N3O2S. The number of nitrogens with two attached hydrogens (primary N) is 1. The minimum absolute atomic E-state index is 0. The van der Waals surface area contributed by atoms with Crippen molar-refractivity contribution in [3.8, 4) is 0 Å². The van der Waals surface area contributed by atoms with Gasteiger partial charge in [-0.15, -0.1) is 24.2 Å². The standard InChI is InChI=1S/C15H20F3N3O2S.ClH/c1-8(2)14(19)15(23)20-6-13(22)21-10-5-9(16)3-4-11(10)24-7-12(17)18;/h3-5,8,12,14H,6-7,19H2,1-2H3,(H,20,23)(H,21,22);1H/t14-;/m0./s1. The van der Waals surface area contributed by atoms with Gasteiger partial charge >= 0.3 is 0 Å². The molecule has 0 spiro atoms. The highest BCUT2D eigenvalue weighted by Crippen LogP contribution is 2.29. The van der Waals surface area contributed by atoms with E-state index in [9.17, 15) is 22.8 Å². The van der Waals surface area contributed by atoms with Gasteiger partial charge in [-0.25, -0.2) is 13.2 Å². The molecule has 1 aromatic carbocycles. The Morgan fingerprint density at radius 1 is 1.28 bits per heavy atom. The zero-order chi connectivity index (χ0) is 18.3. The van der Waals surface area contributed by atoms with Crippen molar-refractivity contribution in [1.82, 2.24) is 5.32 Å². The molecule has 142 valence electrons. The molecule has 10 heteroatoms. The van der Waals surface area contributed by atoms with Gasteiger partial charge in [0, 0.05) is 4.90 Å². The molecule has 0 aliphatic rings. The maximum atomic E-state index is 13.3. The van der Waals surface area contributed by atoms with E-state index in [-0.39, 0.29) is 30.6 Å². The minimum atomic E-state index is -2.53. The number of halogens is 4. The lowest BCUT2D eigenvalue weighted by molar-refractivity contribution is -0.125. The number of rotatable bonds is 8. The largest absolute Gasteiger partial charge is 0.346 e. The van der Waals surface area contributed by atoms with Gasteiger partial charge in [-0.2, -0.15) is 0 Å². The number of carbonyl (C=O) groups is 2. The van der Waals surface area contributed by atoms with Crippen LogP contribution in [0.5, 0.6) is 0 Å². The lowest BCUT2D eigenvalue weighted by Crippen LogP contribution is -2.46. The third-order valence-corrected chi connectivity index (χ3v) is 4.11. The van der Waals surface area contributed by atoms with Gasteiger partial charge in [0.05, 0.1) is 24.0 Å². The van der Waals surface area contributed by atoms with Crippen molar-refractivity contribution in [1.29, 1.82) is 0 Å². The van der Waals surface area contributed by atoms with E-state index < -0.39 is 35.9 Å². The molecule has 0 heterocycles. The average molecular weight is 400 g/mol. The molecule has 0 saturated heterocycles. The Morgan fingerprint density at radius 2 is 1.92 bits per heavy atom. The van der Waals surface area contributed by atoms with Crippen LogP contribution in [-0.2, 0) is 9.59 Å². The second-order valence-electron chi connectivity index (χ2n) is 5.38. The fourth-order valence-electron chi connectivity index (χ4n) is 1.66. The van der Waals surface area contributed by atoms with Gasteiger partial charge in [-0.05, 0) is 24.1 Å². The topological polar surface area (TPSA) is 84.2 Å². The fourth-order valence-corrected chi connectivity index (χ4v) is 2.40. The number of thioether (sulfide) groups is 1. The van der Waals surface area contributed by atoms with Crippen LogP contribution < -0.4 is 16.4 Å². The van der Waals surface area contributed by atoms with Gasteiger partial charge in [0.2, 0.25) is 18.2 Å². The van der Waals surface area contributed by atoms with Crippen molar-refractivity contribution in [2.24, 2.45) is 11.7 Å². The number of alkyl halides is 2. The molecule has 0 fully saturated rings. The summed E-state index contributed by atoms with van der Waals surface area (Å²) in [6, 6.07) is 2.72. The predicted octanol–water partition coefficient (Wildman–Crippen LogP) is 2.64. The molecule has 1 atom stereocenters. The first-order chi connectivity index (χ1) is 11.2. The van der Waals surface area contributed by atoms with E-state index in [4.69, 9.17) is 5.73 Å². The molecule has 25 heavy (non-hydrogen) atoms. The Bertz CT molecular complexity index is 591. The van der Waals surface area contributed by atoms with Crippen LogP contribution in [-0.4, -0.2) is 36.6 Å². The van der Waals surface area contributed by atoms with Crippen LogP contribution in [0.25, 0.3) is 0 Å². The number of nitrogens with one attached hydrogen (secondary N) is 2. The monoisotopic (exact) mass is 399 g/mol. The molecule has 0 bridgehead atoms. The third kappa shape index (κ3) is 8.46. The molecule has 2 amide bonds. The zero-order valence-electron chi connectivity index (χ0n) is 13.7. The van der Waals surface area contributed by atoms with Gasteiger partial charge < -0.3 is 16.4 Å². The molecule has 0 radical (unpaired) electrons. The Labute approximate surface area is 154 Å². The number of benzene rings is 1. The van der Waals surface area contributed by atoms with Crippen LogP contribution in [0, 0.1) is 11.7 Å². The molecule has 1 rings (SSSR count). The van der Waals surface area contributed by atoms with E-state index in [0.29, 0.717) is 4.90 Å². The van der Waals surface area contributed by atoms with Crippen molar-refractivity contribution in [3.63, 3.8) is 0 Å². The van der Waals surface area contributed by atoms with Crippen molar-refractivity contribution in [3.05, 3.63) is 24.0 Å². The maximum absolute atomic E-state index is 13.3. The van der Waals surface area contributed by atoms with Gasteiger partial charge in [-0.3, -0.25) is 9.59 Å². The first-order valence-corrected chi connectivity index (χ1v) is 8.23. The Balaban J connectivity index is 0.00000576. The molecule has 4 N–H and O–H groups in total. The van der Waals surface area contributed by atoms with Gasteiger partial charge in [-0.1, -0.05) is 13.8 Å². The molecule has 0 aromatic heterocycles. The molecule has 1 aromatic rings. The van der Waals surface area contributed by atoms with Crippen molar-refractivity contribution < 1.29 is 22.8 Å². The van der Waals surface area contributed by atoms with Crippen molar-refractivity contribution in [2.45, 2.75) is 31.2 Å². The van der Waals surface area contributed by atoms with Gasteiger partial charge in [0.15, 0.2) is 0 Å². The van der Waals surface area contributed by atoms with Crippen LogP contribution in [0.4, 0.5) is 18.9 Å². The summed E-state index contributed by atoms with van der Waals surface area (Å²) in [4.78, 5) is 23.9. The van der Waals surface area contributed by atoms with Crippen LogP contribution >= 0.6 is 24.2 Å². The summed E-state index contributed by atoms with van der Waals surface area (Å²) >= 11 is 0.800. The molecule has 0 aliphatic carbocycles. The summed E-state index contributed by atoms with van der Waals surface area (Å²) < 4.78 is 37.9. The van der Waals surface area contributed by atoms with Gasteiger partial charge in [0.25, 0.3) is 0 Å². The third-order valence-electron chi connectivity index (χ3n) is 3.02. The van der Waals surface area contributed by atoms with Gasteiger partial charge in [0.1, 0.15) is 5.82 Å². The van der Waals surface area contributed by atoms with E-state index in [1.54, 1.807) is 13.8 Å². The smallest absolute Gasteiger partial charge is 0.247 e. The molecule has 0 aliphatic heterocycles. The van der Waals surface area contributed by atoms with Crippen LogP contribution in [0.15, 0.2) is 23.1 Å². The van der Waals surface area contributed by atoms with E-state index in [1.165, 1.54) is 6.07 Å². The Kier molecular flexibility index (Phi) is 10.6. The normalized spacial score (nSPS) is 11.8. The Morgan fingerprint density at radius 3 is 2.48 bits per heavy atom. The van der Waals surface area contributed by atoms with Crippen LogP contribution in [0.2, 0.25) is 0 Å². The minimum Gasteiger partial charge on any atom is -0.346 e. The van der Waals surface area contributed by atoms with E-state index in [0.717, 1.165) is 23.9 Å².